The van der Waals surface area contributed by atoms with Crippen molar-refractivity contribution in [3.05, 3.63) is 48.2 Å². The number of benzene rings is 2. The summed E-state index contributed by atoms with van der Waals surface area (Å²) in [6.45, 7) is 7.46. The molecule has 0 fully saturated rings. The fourth-order valence-electron chi connectivity index (χ4n) is 3.46. The number of aromatic nitrogens is 4. The summed E-state index contributed by atoms with van der Waals surface area (Å²) in [6, 6.07) is 16.8. The summed E-state index contributed by atoms with van der Waals surface area (Å²) in [5, 5.41) is 16.6. The fraction of sp³-hybridized carbons (Fsp3) is 0.304. The number of hydrogen-bond acceptors (Lipinski definition) is 7. The van der Waals surface area contributed by atoms with E-state index in [0.29, 0.717) is 17.7 Å². The maximum Gasteiger partial charge on any atom is 0.250 e. The predicted molar refractivity (Wildman–Crippen MR) is 130 cm³/mol. The lowest BCUT2D eigenvalue weighted by atomic mass is 10.0. The maximum absolute atomic E-state index is 12.2. The van der Waals surface area contributed by atoms with Gasteiger partial charge >= 0.3 is 0 Å². The molecule has 0 saturated heterocycles. The molecule has 0 spiro atoms. The average molecular weight is 480 g/mol. The number of fused-ring (bicyclic) bond motifs is 2. The second-order valence-electron chi connectivity index (χ2n) is 9.20. The Morgan fingerprint density at radius 2 is 1.82 bits per heavy atom. The SMILES string of the molecule is C[Si](C)(C)CCOCn1nc(-c2ccc3ccccc3c2)c2c(C#N)nc(S(C)(=O)=O)nc21. The normalized spacial score (nSPS) is 12.3. The highest BCUT2D eigenvalue weighted by Crippen LogP contribution is 2.31. The van der Waals surface area contributed by atoms with Gasteiger partial charge in [0.1, 0.15) is 18.5 Å². The van der Waals surface area contributed by atoms with Crippen molar-refractivity contribution in [3.63, 3.8) is 0 Å². The third kappa shape index (κ3) is 4.95. The Bertz CT molecular complexity index is 1500. The van der Waals surface area contributed by atoms with E-state index >= 15 is 0 Å². The van der Waals surface area contributed by atoms with Crippen molar-refractivity contribution in [3.8, 4) is 17.3 Å². The molecule has 0 N–H and O–H groups in total. The van der Waals surface area contributed by atoms with E-state index in [1.54, 1.807) is 0 Å². The van der Waals surface area contributed by atoms with Gasteiger partial charge in [-0.1, -0.05) is 56.0 Å². The lowest BCUT2D eigenvalue weighted by molar-refractivity contribution is 0.0814. The number of nitrogens with zero attached hydrogens (tertiary/aromatic N) is 5. The Balaban J connectivity index is 1.87. The quantitative estimate of drug-likeness (QED) is 0.221. The fourth-order valence-corrected chi connectivity index (χ4v) is 4.72. The monoisotopic (exact) mass is 479 g/mol. The van der Waals surface area contributed by atoms with Crippen LogP contribution in [-0.2, 0) is 21.3 Å². The first kappa shape index (κ1) is 23.0. The minimum atomic E-state index is -3.72. The molecular formula is C23H25N5O3SSi. The van der Waals surface area contributed by atoms with Gasteiger partial charge in [-0.15, -0.1) is 0 Å². The Morgan fingerprint density at radius 1 is 1.09 bits per heavy atom. The van der Waals surface area contributed by atoms with Gasteiger partial charge < -0.3 is 4.74 Å². The van der Waals surface area contributed by atoms with E-state index < -0.39 is 23.1 Å². The molecule has 0 aliphatic carbocycles. The largest absolute Gasteiger partial charge is 0.359 e. The number of nitriles is 1. The zero-order valence-electron chi connectivity index (χ0n) is 19.0. The van der Waals surface area contributed by atoms with Crippen molar-refractivity contribution < 1.29 is 13.2 Å². The van der Waals surface area contributed by atoms with E-state index in [1.807, 2.05) is 48.5 Å². The van der Waals surface area contributed by atoms with Gasteiger partial charge in [-0.05, 0) is 22.9 Å². The first-order valence-electron chi connectivity index (χ1n) is 10.5. The molecule has 0 saturated carbocycles. The van der Waals surface area contributed by atoms with Crippen LogP contribution in [0.4, 0.5) is 0 Å². The molecular weight excluding hydrogens is 454 g/mol. The van der Waals surface area contributed by atoms with E-state index in [9.17, 15) is 13.7 Å². The van der Waals surface area contributed by atoms with Crippen LogP contribution in [0.5, 0.6) is 0 Å². The van der Waals surface area contributed by atoms with E-state index in [2.05, 4.69) is 34.7 Å². The number of hydrogen-bond donors (Lipinski definition) is 0. The lowest BCUT2D eigenvalue weighted by Crippen LogP contribution is -2.22. The molecule has 2 heterocycles. The van der Waals surface area contributed by atoms with E-state index in [4.69, 9.17) is 4.74 Å². The zero-order valence-corrected chi connectivity index (χ0v) is 20.8. The van der Waals surface area contributed by atoms with Crippen molar-refractivity contribution in [1.29, 1.82) is 5.26 Å². The van der Waals surface area contributed by atoms with Crippen molar-refractivity contribution in [2.45, 2.75) is 37.6 Å². The molecule has 0 bridgehead atoms. The molecule has 10 heteroatoms. The van der Waals surface area contributed by atoms with Crippen LogP contribution >= 0.6 is 0 Å². The maximum atomic E-state index is 12.2. The van der Waals surface area contributed by atoms with Gasteiger partial charge in [0.2, 0.25) is 15.0 Å². The van der Waals surface area contributed by atoms with Crippen molar-refractivity contribution in [2.24, 2.45) is 0 Å². The number of ether oxygens (including phenoxy) is 1. The van der Waals surface area contributed by atoms with Gasteiger partial charge in [-0.25, -0.2) is 18.1 Å². The summed E-state index contributed by atoms with van der Waals surface area (Å²) >= 11 is 0. The van der Waals surface area contributed by atoms with Crippen molar-refractivity contribution in [2.75, 3.05) is 12.9 Å². The summed E-state index contributed by atoms with van der Waals surface area (Å²) in [5.41, 5.74) is 1.53. The van der Waals surface area contributed by atoms with Crippen LogP contribution in [0, 0.1) is 11.3 Å². The standard InChI is InChI=1S/C23H25N5O3SSi/c1-32(29,30)23-25-19(14-24)20-21(18-10-9-16-7-5-6-8-17(16)13-18)27-28(22(20)26-23)15-31-11-12-33(2,3)4/h5-10,13H,11-12,15H2,1-4H3. The van der Waals surface area contributed by atoms with Crippen LogP contribution in [0.25, 0.3) is 33.1 Å². The van der Waals surface area contributed by atoms with Gasteiger partial charge in [-0.2, -0.15) is 15.3 Å². The Morgan fingerprint density at radius 3 is 2.48 bits per heavy atom. The molecule has 0 aliphatic heterocycles. The molecule has 170 valence electrons. The first-order valence-corrected chi connectivity index (χ1v) is 16.1. The second-order valence-corrected chi connectivity index (χ2v) is 16.7. The highest BCUT2D eigenvalue weighted by Gasteiger charge is 2.23. The van der Waals surface area contributed by atoms with Gasteiger partial charge in [0.15, 0.2) is 11.3 Å². The molecule has 4 rings (SSSR count). The third-order valence-corrected chi connectivity index (χ3v) is 7.79. The van der Waals surface area contributed by atoms with Gasteiger partial charge in [0, 0.05) is 26.5 Å². The minimum Gasteiger partial charge on any atom is -0.359 e. The van der Waals surface area contributed by atoms with Gasteiger partial charge in [-0.3, -0.25) is 0 Å². The van der Waals surface area contributed by atoms with E-state index in [-0.39, 0.29) is 18.1 Å². The average Bonchev–Trinajstić information content (AvgIpc) is 3.13. The Kier molecular flexibility index (Phi) is 6.05. The molecule has 4 aromatic rings. The van der Waals surface area contributed by atoms with E-state index in [1.165, 1.54) is 4.68 Å². The summed E-state index contributed by atoms with van der Waals surface area (Å²) < 4.78 is 31.7. The van der Waals surface area contributed by atoms with Gasteiger partial charge in [0.25, 0.3) is 0 Å². The molecule has 2 aromatic carbocycles. The third-order valence-electron chi connectivity index (χ3n) is 5.24. The van der Waals surface area contributed by atoms with Crippen LogP contribution in [0.15, 0.2) is 47.6 Å². The van der Waals surface area contributed by atoms with Crippen molar-refractivity contribution in [1.82, 2.24) is 19.7 Å². The molecule has 0 aliphatic rings. The second kappa shape index (κ2) is 8.66. The van der Waals surface area contributed by atoms with Crippen molar-refractivity contribution >= 4 is 39.7 Å². The van der Waals surface area contributed by atoms with Gasteiger partial charge in [0.05, 0.1) is 5.39 Å². The van der Waals surface area contributed by atoms with Crippen LogP contribution in [0.3, 0.4) is 0 Å². The summed E-state index contributed by atoms with van der Waals surface area (Å²) in [4.78, 5) is 8.30. The molecule has 0 amide bonds. The molecule has 0 atom stereocenters. The predicted octanol–water partition coefficient (Wildman–Crippen LogP) is 4.23. The molecule has 0 radical (unpaired) electrons. The van der Waals surface area contributed by atoms with Crippen LogP contribution in [-0.4, -0.2) is 49.1 Å². The molecule has 33 heavy (non-hydrogen) atoms. The Hall–Kier alpha value is -3.13. The first-order chi connectivity index (χ1) is 15.6. The van der Waals surface area contributed by atoms with Crippen LogP contribution < -0.4 is 0 Å². The Labute approximate surface area is 193 Å². The zero-order chi connectivity index (χ0) is 23.8. The topological polar surface area (TPSA) is 111 Å². The highest BCUT2D eigenvalue weighted by atomic mass is 32.2. The summed E-state index contributed by atoms with van der Waals surface area (Å²) in [7, 11) is -5.00. The summed E-state index contributed by atoms with van der Waals surface area (Å²) in [6.07, 6.45) is 1.02. The summed E-state index contributed by atoms with van der Waals surface area (Å²) in [5.74, 6) is 0. The smallest absolute Gasteiger partial charge is 0.250 e. The minimum absolute atomic E-state index is 0.0306. The molecule has 2 aromatic heterocycles. The van der Waals surface area contributed by atoms with E-state index in [0.717, 1.165) is 28.6 Å². The number of rotatable bonds is 7. The molecule has 8 nitrogen and oxygen atoms in total. The number of sulfone groups is 1. The molecule has 0 unspecified atom stereocenters. The highest BCUT2D eigenvalue weighted by molar-refractivity contribution is 7.90. The van der Waals surface area contributed by atoms with Crippen LogP contribution in [0.2, 0.25) is 25.7 Å². The van der Waals surface area contributed by atoms with Crippen LogP contribution in [0.1, 0.15) is 5.69 Å². The lowest BCUT2D eigenvalue weighted by Gasteiger charge is -2.15.